The van der Waals surface area contributed by atoms with Crippen LogP contribution >= 0.6 is 0 Å². The monoisotopic (exact) mass is 215 g/mol. The van der Waals surface area contributed by atoms with Crippen molar-refractivity contribution in [2.24, 2.45) is 11.8 Å². The maximum atomic E-state index is 11.8. The molecule has 0 aromatic heterocycles. The van der Waals surface area contributed by atoms with Gasteiger partial charge in [-0.1, -0.05) is 13.8 Å². The summed E-state index contributed by atoms with van der Waals surface area (Å²) < 4.78 is 5.46. The number of hydrogen-bond donors (Lipinski definition) is 2. The van der Waals surface area contributed by atoms with Crippen molar-refractivity contribution in [2.45, 2.75) is 32.8 Å². The van der Waals surface area contributed by atoms with Crippen molar-refractivity contribution in [3.63, 3.8) is 0 Å². The molecule has 0 aromatic rings. The molecule has 4 nitrogen and oxygen atoms in total. The number of ether oxygens (including phenoxy) is 1. The summed E-state index contributed by atoms with van der Waals surface area (Å²) in [4.78, 5) is 11.8. The Labute approximate surface area is 91.0 Å². The van der Waals surface area contributed by atoms with Gasteiger partial charge in [0.1, 0.15) is 0 Å². The van der Waals surface area contributed by atoms with E-state index in [0.29, 0.717) is 13.2 Å². The van der Waals surface area contributed by atoms with E-state index in [2.05, 4.69) is 5.32 Å². The quantitative estimate of drug-likeness (QED) is 0.704. The highest BCUT2D eigenvalue weighted by Crippen LogP contribution is 2.23. The van der Waals surface area contributed by atoms with Crippen molar-refractivity contribution in [3.8, 4) is 0 Å². The Morgan fingerprint density at radius 1 is 1.67 bits per heavy atom. The van der Waals surface area contributed by atoms with Gasteiger partial charge in [-0.3, -0.25) is 4.79 Å². The second-order valence-corrected chi connectivity index (χ2v) is 4.25. The van der Waals surface area contributed by atoms with Crippen LogP contribution in [0.2, 0.25) is 0 Å². The lowest BCUT2D eigenvalue weighted by atomic mass is 9.98. The molecule has 1 amide bonds. The molecule has 88 valence electrons. The second-order valence-electron chi connectivity index (χ2n) is 4.25. The van der Waals surface area contributed by atoms with Crippen LogP contribution in [-0.4, -0.2) is 36.9 Å². The molecular weight excluding hydrogens is 194 g/mol. The van der Waals surface area contributed by atoms with Gasteiger partial charge in [0.2, 0.25) is 5.91 Å². The van der Waals surface area contributed by atoms with Gasteiger partial charge in [-0.05, 0) is 18.8 Å². The van der Waals surface area contributed by atoms with E-state index in [4.69, 9.17) is 9.84 Å². The van der Waals surface area contributed by atoms with Crippen LogP contribution < -0.4 is 5.32 Å². The highest BCUT2D eigenvalue weighted by atomic mass is 16.5. The molecule has 1 aliphatic heterocycles. The first-order valence-corrected chi connectivity index (χ1v) is 5.69. The Morgan fingerprint density at radius 2 is 2.40 bits per heavy atom. The molecule has 0 aliphatic carbocycles. The fourth-order valence-electron chi connectivity index (χ4n) is 1.82. The van der Waals surface area contributed by atoms with Crippen molar-refractivity contribution in [1.29, 1.82) is 0 Å². The summed E-state index contributed by atoms with van der Waals surface area (Å²) in [6, 6.07) is 0. The van der Waals surface area contributed by atoms with Crippen LogP contribution in [0.4, 0.5) is 0 Å². The largest absolute Gasteiger partial charge is 0.396 e. The van der Waals surface area contributed by atoms with Crippen molar-refractivity contribution in [1.82, 2.24) is 5.32 Å². The molecule has 1 fully saturated rings. The summed E-state index contributed by atoms with van der Waals surface area (Å²) >= 11 is 0. The maximum absolute atomic E-state index is 11.8. The smallest absolute Gasteiger partial charge is 0.225 e. The molecule has 1 rings (SSSR count). The molecule has 1 aliphatic rings. The third kappa shape index (κ3) is 3.47. The minimum atomic E-state index is 0.000827. The van der Waals surface area contributed by atoms with Crippen LogP contribution in [-0.2, 0) is 9.53 Å². The van der Waals surface area contributed by atoms with Gasteiger partial charge in [-0.25, -0.2) is 0 Å². The normalized spacial score (nSPS) is 27.7. The summed E-state index contributed by atoms with van der Waals surface area (Å²) in [5, 5.41) is 11.7. The number of hydrogen-bond acceptors (Lipinski definition) is 3. The SMILES string of the molecule is CCC1OCCC1C(=O)NCC(C)CO. The van der Waals surface area contributed by atoms with E-state index in [1.54, 1.807) is 0 Å². The van der Waals surface area contributed by atoms with Gasteiger partial charge in [0, 0.05) is 19.8 Å². The number of aliphatic hydroxyl groups is 1. The van der Waals surface area contributed by atoms with Crippen LogP contribution in [0.5, 0.6) is 0 Å². The number of rotatable bonds is 5. The van der Waals surface area contributed by atoms with E-state index in [1.165, 1.54) is 0 Å². The summed E-state index contributed by atoms with van der Waals surface area (Å²) in [6.07, 6.45) is 1.78. The van der Waals surface area contributed by atoms with Gasteiger partial charge >= 0.3 is 0 Å². The molecule has 3 unspecified atom stereocenters. The lowest BCUT2D eigenvalue weighted by Crippen LogP contribution is -2.37. The summed E-state index contributed by atoms with van der Waals surface area (Å²) in [5.41, 5.74) is 0. The van der Waals surface area contributed by atoms with Crippen LogP contribution in [0.25, 0.3) is 0 Å². The number of carbonyl (C=O) groups is 1. The fraction of sp³-hybridized carbons (Fsp3) is 0.909. The molecule has 0 radical (unpaired) electrons. The summed E-state index contributed by atoms with van der Waals surface area (Å²) in [7, 11) is 0. The predicted molar refractivity (Wildman–Crippen MR) is 57.4 cm³/mol. The Hall–Kier alpha value is -0.610. The van der Waals surface area contributed by atoms with Crippen LogP contribution in [0.1, 0.15) is 26.7 Å². The summed E-state index contributed by atoms with van der Waals surface area (Å²) in [5.74, 6) is 0.192. The van der Waals surface area contributed by atoms with Gasteiger partial charge in [0.05, 0.1) is 12.0 Å². The molecular formula is C11H21NO3. The predicted octanol–water partition coefficient (Wildman–Crippen LogP) is 0.546. The van der Waals surface area contributed by atoms with E-state index in [9.17, 15) is 4.79 Å². The van der Waals surface area contributed by atoms with Crippen LogP contribution in [0, 0.1) is 11.8 Å². The standard InChI is InChI=1S/C11H21NO3/c1-3-10-9(4-5-15-10)11(14)12-6-8(2)7-13/h8-10,13H,3-7H2,1-2H3,(H,12,14). The van der Waals surface area contributed by atoms with E-state index in [-0.39, 0.29) is 30.5 Å². The molecule has 0 saturated carbocycles. The molecule has 0 aromatic carbocycles. The lowest BCUT2D eigenvalue weighted by Gasteiger charge is -2.17. The summed E-state index contributed by atoms with van der Waals surface area (Å²) in [6.45, 7) is 5.28. The number of nitrogens with one attached hydrogen (secondary N) is 1. The minimum Gasteiger partial charge on any atom is -0.396 e. The highest BCUT2D eigenvalue weighted by Gasteiger charge is 2.32. The number of aliphatic hydroxyl groups excluding tert-OH is 1. The molecule has 1 heterocycles. The molecule has 2 N–H and O–H groups in total. The number of amides is 1. The lowest BCUT2D eigenvalue weighted by molar-refractivity contribution is -0.126. The highest BCUT2D eigenvalue weighted by molar-refractivity contribution is 5.79. The van der Waals surface area contributed by atoms with Crippen molar-refractivity contribution >= 4 is 5.91 Å². The zero-order valence-electron chi connectivity index (χ0n) is 9.53. The van der Waals surface area contributed by atoms with Crippen LogP contribution in [0.3, 0.4) is 0 Å². The zero-order chi connectivity index (χ0) is 11.3. The van der Waals surface area contributed by atoms with Crippen molar-refractivity contribution in [3.05, 3.63) is 0 Å². The van der Waals surface area contributed by atoms with E-state index < -0.39 is 0 Å². The topological polar surface area (TPSA) is 58.6 Å². The Bertz CT molecular complexity index is 208. The van der Waals surface area contributed by atoms with Crippen LogP contribution in [0.15, 0.2) is 0 Å². The van der Waals surface area contributed by atoms with Gasteiger partial charge in [0.25, 0.3) is 0 Å². The first-order chi connectivity index (χ1) is 7.19. The molecule has 0 bridgehead atoms. The minimum absolute atomic E-state index is 0.000827. The Balaban J connectivity index is 2.33. The first-order valence-electron chi connectivity index (χ1n) is 5.69. The zero-order valence-corrected chi connectivity index (χ0v) is 9.53. The van der Waals surface area contributed by atoms with E-state index in [0.717, 1.165) is 12.8 Å². The fourth-order valence-corrected chi connectivity index (χ4v) is 1.82. The molecule has 0 spiro atoms. The van der Waals surface area contributed by atoms with E-state index >= 15 is 0 Å². The number of carbonyl (C=O) groups excluding carboxylic acids is 1. The molecule has 1 saturated heterocycles. The van der Waals surface area contributed by atoms with Crippen molar-refractivity contribution in [2.75, 3.05) is 19.8 Å². The maximum Gasteiger partial charge on any atom is 0.225 e. The average molecular weight is 215 g/mol. The Morgan fingerprint density at radius 3 is 3.00 bits per heavy atom. The molecule has 15 heavy (non-hydrogen) atoms. The van der Waals surface area contributed by atoms with E-state index in [1.807, 2.05) is 13.8 Å². The third-order valence-electron chi connectivity index (χ3n) is 2.89. The average Bonchev–Trinajstić information content (AvgIpc) is 2.73. The molecule has 3 atom stereocenters. The van der Waals surface area contributed by atoms with Gasteiger partial charge in [0.15, 0.2) is 0 Å². The van der Waals surface area contributed by atoms with Crippen molar-refractivity contribution < 1.29 is 14.6 Å². The van der Waals surface area contributed by atoms with Gasteiger partial charge in [-0.15, -0.1) is 0 Å². The third-order valence-corrected chi connectivity index (χ3v) is 2.89. The van der Waals surface area contributed by atoms with Gasteiger partial charge in [-0.2, -0.15) is 0 Å². The molecule has 4 heteroatoms. The first kappa shape index (κ1) is 12.5. The van der Waals surface area contributed by atoms with Gasteiger partial charge < -0.3 is 15.2 Å². The Kier molecular flexibility index (Phi) is 5.05. The second kappa shape index (κ2) is 6.08.